The van der Waals surface area contributed by atoms with Gasteiger partial charge in [0.05, 0.1) is 30.4 Å². The van der Waals surface area contributed by atoms with Crippen LogP contribution in [0, 0.1) is 23.7 Å². The van der Waals surface area contributed by atoms with Gasteiger partial charge in [-0.1, -0.05) is 112 Å². The topological polar surface area (TPSA) is 138 Å². The number of aliphatic hydroxyl groups is 3. The van der Waals surface area contributed by atoms with Gasteiger partial charge >= 0.3 is 12.1 Å². The molecule has 2 rings (SSSR count). The number of cyclic esters (lactones) is 1. The lowest BCUT2D eigenvalue weighted by Gasteiger charge is -2.23. The van der Waals surface area contributed by atoms with E-state index in [0.29, 0.717) is 22.7 Å². The second-order valence-electron chi connectivity index (χ2n) is 13.8. The molecular weight excluding hydrogens is 653 g/mol. The Hall–Kier alpha value is -3.57. The van der Waals surface area contributed by atoms with E-state index in [0.717, 1.165) is 16.7 Å². The van der Waals surface area contributed by atoms with Gasteiger partial charge in [0.1, 0.15) is 5.01 Å². The van der Waals surface area contributed by atoms with E-state index >= 15 is 0 Å². The van der Waals surface area contributed by atoms with Crippen LogP contribution in [0.2, 0.25) is 0 Å². The van der Waals surface area contributed by atoms with E-state index in [1.165, 1.54) is 18.4 Å². The summed E-state index contributed by atoms with van der Waals surface area (Å²) in [6.07, 6.45) is 14.4. The summed E-state index contributed by atoms with van der Waals surface area (Å²) in [5, 5.41) is 37.6. The molecule has 10 heteroatoms. The molecule has 2 heterocycles. The fraction of sp³-hybridized carbons (Fsp3) is 0.525. The van der Waals surface area contributed by atoms with Crippen LogP contribution >= 0.6 is 11.3 Å². The maximum Gasteiger partial charge on any atom is 0.407 e. The number of esters is 1. The van der Waals surface area contributed by atoms with Crippen molar-refractivity contribution < 1.29 is 34.4 Å². The van der Waals surface area contributed by atoms with Gasteiger partial charge in [0.25, 0.3) is 0 Å². The Kier molecular flexibility index (Phi) is 17.8. The molecule has 0 bridgehead atoms. The van der Waals surface area contributed by atoms with Crippen molar-refractivity contribution in [3.63, 3.8) is 0 Å². The quantitative estimate of drug-likeness (QED) is 0.226. The van der Waals surface area contributed by atoms with Gasteiger partial charge in [0.2, 0.25) is 0 Å². The molecule has 0 aliphatic carbocycles. The molecule has 8 atom stereocenters. The summed E-state index contributed by atoms with van der Waals surface area (Å²) in [5.41, 5.74) is 3.92. The van der Waals surface area contributed by atoms with E-state index in [9.17, 15) is 24.9 Å². The van der Waals surface area contributed by atoms with E-state index in [2.05, 4.69) is 5.32 Å². The van der Waals surface area contributed by atoms with Crippen molar-refractivity contribution in [3.8, 4) is 0 Å². The number of alkyl carbamates (subject to hydrolysis) is 1. The first-order chi connectivity index (χ1) is 23.5. The summed E-state index contributed by atoms with van der Waals surface area (Å²) in [4.78, 5) is 30.1. The summed E-state index contributed by atoms with van der Waals surface area (Å²) in [7, 11) is 1.51. The van der Waals surface area contributed by atoms with Gasteiger partial charge < -0.3 is 30.1 Å². The number of nitrogens with zero attached hydrogens (tertiary/aromatic N) is 1. The Morgan fingerprint density at radius 2 is 1.70 bits per heavy atom. The highest BCUT2D eigenvalue weighted by atomic mass is 32.1. The minimum Gasteiger partial charge on any atom is -0.455 e. The highest BCUT2D eigenvalue weighted by molar-refractivity contribution is 7.09. The molecule has 50 heavy (non-hydrogen) atoms. The summed E-state index contributed by atoms with van der Waals surface area (Å²) in [5.74, 6) is -1.17. The van der Waals surface area contributed by atoms with Crippen LogP contribution in [-0.4, -0.2) is 57.7 Å². The number of aromatic nitrogens is 1. The summed E-state index contributed by atoms with van der Waals surface area (Å²) in [6.45, 7) is 17.3. The van der Waals surface area contributed by atoms with Crippen molar-refractivity contribution in [1.82, 2.24) is 10.3 Å². The van der Waals surface area contributed by atoms with Gasteiger partial charge in [-0.05, 0) is 45.6 Å². The Labute approximate surface area is 302 Å². The van der Waals surface area contributed by atoms with Gasteiger partial charge in [-0.15, -0.1) is 11.3 Å². The predicted octanol–water partition coefficient (Wildman–Crippen LogP) is 8.02. The lowest BCUT2D eigenvalue weighted by atomic mass is 9.92. The maximum absolute atomic E-state index is 13.2. The summed E-state index contributed by atoms with van der Waals surface area (Å²) < 4.78 is 11.7. The molecule has 0 saturated heterocycles. The van der Waals surface area contributed by atoms with Crippen LogP contribution in [0.5, 0.6) is 0 Å². The number of amides is 1. The van der Waals surface area contributed by atoms with Crippen LogP contribution in [0.15, 0.2) is 88.4 Å². The molecule has 1 aliphatic heterocycles. The predicted molar refractivity (Wildman–Crippen MR) is 201 cm³/mol. The zero-order valence-corrected chi connectivity index (χ0v) is 32.1. The Morgan fingerprint density at radius 3 is 2.36 bits per heavy atom. The van der Waals surface area contributed by atoms with Crippen LogP contribution in [0.25, 0.3) is 0 Å². The molecule has 0 radical (unpaired) electrons. The number of allylic oxidation sites excluding steroid dienone is 8. The smallest absolute Gasteiger partial charge is 0.407 e. The number of carbonyl (C=O) groups excluding carboxylic acids is 2. The van der Waals surface area contributed by atoms with Crippen molar-refractivity contribution in [2.45, 2.75) is 106 Å². The molecule has 1 aliphatic rings. The van der Waals surface area contributed by atoms with Gasteiger partial charge in [0, 0.05) is 30.2 Å². The van der Waals surface area contributed by atoms with Crippen LogP contribution in [0.1, 0.15) is 98.1 Å². The van der Waals surface area contributed by atoms with Crippen molar-refractivity contribution in [1.29, 1.82) is 0 Å². The first-order valence-electron chi connectivity index (χ1n) is 17.3. The Balaban J connectivity index is 2.52. The van der Waals surface area contributed by atoms with Crippen molar-refractivity contribution in [2.75, 3.05) is 7.05 Å². The molecule has 1 aromatic heterocycles. The third-order valence-corrected chi connectivity index (χ3v) is 9.39. The van der Waals surface area contributed by atoms with Gasteiger partial charge in [0.15, 0.2) is 12.2 Å². The standard InChI is InChI=1S/C40H58N2O7S/c1-24(2)19-35(48-40(47)41-10)39-42-32(23-50-39)38-29(7)15-12-14-28(6)37(46)31(9)33(43)18-17-26(4)20-27(5)21-30(8)34(44)22-25(3)13-11-16-36(45)49-38/h11-15,17-18,20-24,29-31,33-35,37-38,43-44,46H,16,19H2,1-10H3,(H,41,47)/b13-11+,15-12+,18-17+,25-22+,26-20-,27-21-,28-14+/t29-,30-,31-,33+,34+,35-,37+,38-/m0/s1. The largest absolute Gasteiger partial charge is 0.455 e. The molecule has 0 aromatic carbocycles. The second-order valence-corrected chi connectivity index (χ2v) is 14.7. The summed E-state index contributed by atoms with van der Waals surface area (Å²) >= 11 is 1.35. The third-order valence-electron chi connectivity index (χ3n) is 8.43. The molecule has 4 N–H and O–H groups in total. The van der Waals surface area contributed by atoms with Gasteiger partial charge in [-0.3, -0.25) is 4.79 Å². The number of thiazole rings is 1. The minimum absolute atomic E-state index is 0.0124. The molecular formula is C40H58N2O7S. The Morgan fingerprint density at radius 1 is 1.00 bits per heavy atom. The number of rotatable bonds is 5. The average Bonchev–Trinajstić information content (AvgIpc) is 3.54. The SMILES string of the molecule is CNC(=O)O[C@@H](CC(C)C)c1nc([C@H]2OC(=O)C/C=C/C(C)=C/[C@@H](O)[C@@H](C)\C=C(C)/C=C(C)\C=C\[C@@H](O)[C@H](C)[C@H](O)/C(C)=C/C=C/[C@@H]2C)cs1. The zero-order chi connectivity index (χ0) is 37.5. The molecule has 0 unspecified atom stereocenters. The lowest BCUT2D eigenvalue weighted by molar-refractivity contribution is -0.150. The average molecular weight is 711 g/mol. The van der Waals surface area contributed by atoms with Crippen LogP contribution in [0.4, 0.5) is 4.79 Å². The molecule has 1 amide bonds. The highest BCUT2D eigenvalue weighted by Gasteiger charge is 2.28. The van der Waals surface area contributed by atoms with Crippen LogP contribution < -0.4 is 5.32 Å². The maximum atomic E-state index is 13.2. The molecule has 0 saturated carbocycles. The van der Waals surface area contributed by atoms with Crippen molar-refractivity contribution in [2.24, 2.45) is 23.7 Å². The van der Waals surface area contributed by atoms with E-state index in [1.807, 2.05) is 84.2 Å². The number of hydrogen-bond acceptors (Lipinski definition) is 9. The van der Waals surface area contributed by atoms with E-state index in [1.54, 1.807) is 44.2 Å². The number of carbonyl (C=O) groups is 2. The number of hydrogen-bond donors (Lipinski definition) is 4. The molecule has 276 valence electrons. The molecule has 1 aromatic rings. The molecule has 0 fully saturated rings. The fourth-order valence-corrected chi connectivity index (χ4v) is 6.30. The first kappa shape index (κ1) is 42.6. The van der Waals surface area contributed by atoms with Crippen LogP contribution in [-0.2, 0) is 14.3 Å². The van der Waals surface area contributed by atoms with Crippen molar-refractivity contribution >= 4 is 23.4 Å². The first-order valence-corrected chi connectivity index (χ1v) is 18.2. The zero-order valence-electron chi connectivity index (χ0n) is 31.3. The minimum atomic E-state index is -0.898. The van der Waals surface area contributed by atoms with Crippen LogP contribution in [0.3, 0.4) is 0 Å². The normalized spacial score (nSPS) is 33.4. The second kappa shape index (κ2) is 20.9. The molecule has 9 nitrogen and oxygen atoms in total. The third kappa shape index (κ3) is 14.3. The van der Waals surface area contributed by atoms with Crippen molar-refractivity contribution in [3.05, 3.63) is 99.1 Å². The van der Waals surface area contributed by atoms with Gasteiger partial charge in [-0.25, -0.2) is 9.78 Å². The Bertz CT molecular complexity index is 1480. The summed E-state index contributed by atoms with van der Waals surface area (Å²) in [6, 6.07) is 0. The number of aliphatic hydroxyl groups excluding tert-OH is 3. The number of nitrogens with one attached hydrogen (secondary N) is 1. The monoisotopic (exact) mass is 710 g/mol. The van der Waals surface area contributed by atoms with E-state index in [4.69, 9.17) is 14.5 Å². The van der Waals surface area contributed by atoms with Gasteiger partial charge in [-0.2, -0.15) is 0 Å². The molecule has 0 spiro atoms. The fourth-order valence-electron chi connectivity index (χ4n) is 5.42. The van der Waals surface area contributed by atoms with E-state index < -0.39 is 48.5 Å². The lowest BCUT2D eigenvalue weighted by Crippen LogP contribution is -2.29. The number of ether oxygens (including phenoxy) is 2. The van der Waals surface area contributed by atoms with E-state index in [-0.39, 0.29) is 24.2 Å². The highest BCUT2D eigenvalue weighted by Crippen LogP contribution is 2.34.